The predicted octanol–water partition coefficient (Wildman–Crippen LogP) is 22.5. The molecule has 0 radical (unpaired) electrons. The molecule has 0 saturated heterocycles. The van der Waals surface area contributed by atoms with Gasteiger partial charge >= 0.3 is 17.9 Å². The van der Waals surface area contributed by atoms with E-state index in [0.717, 1.165) is 103 Å². The molecule has 0 bridgehead atoms. The zero-order valence-corrected chi connectivity index (χ0v) is 50.5. The molecule has 0 aliphatic carbocycles. The van der Waals surface area contributed by atoms with Gasteiger partial charge in [0.1, 0.15) is 13.2 Å². The Balaban J connectivity index is 4.35. The van der Waals surface area contributed by atoms with E-state index in [4.69, 9.17) is 14.2 Å². The van der Waals surface area contributed by atoms with E-state index in [1.807, 2.05) is 0 Å². The van der Waals surface area contributed by atoms with Gasteiger partial charge in [-0.25, -0.2) is 0 Å². The second-order valence-corrected chi connectivity index (χ2v) is 22.0. The van der Waals surface area contributed by atoms with Crippen LogP contribution in [0.1, 0.15) is 335 Å². The van der Waals surface area contributed by atoms with Gasteiger partial charge < -0.3 is 14.2 Å². The summed E-state index contributed by atoms with van der Waals surface area (Å²) in [5.74, 6) is -0.869. The van der Waals surface area contributed by atoms with Crippen LogP contribution in [0, 0.1) is 0 Å². The Labute approximate surface area is 472 Å². The van der Waals surface area contributed by atoms with Crippen molar-refractivity contribution in [1.82, 2.24) is 0 Å². The zero-order chi connectivity index (χ0) is 55.0. The zero-order valence-electron chi connectivity index (χ0n) is 50.5. The normalized spacial score (nSPS) is 12.5. The molecule has 1 atom stereocenters. The van der Waals surface area contributed by atoms with Crippen molar-refractivity contribution in [3.63, 3.8) is 0 Å². The van der Waals surface area contributed by atoms with E-state index in [9.17, 15) is 14.4 Å². The first-order chi connectivity index (χ1) is 37.5. The van der Waals surface area contributed by atoms with E-state index in [-0.39, 0.29) is 31.1 Å². The van der Waals surface area contributed by atoms with E-state index in [2.05, 4.69) is 93.7 Å². The first-order valence-corrected chi connectivity index (χ1v) is 32.9. The summed E-state index contributed by atoms with van der Waals surface area (Å²) in [5.41, 5.74) is 0. The molecule has 0 amide bonds. The topological polar surface area (TPSA) is 78.9 Å². The molecule has 0 N–H and O–H groups in total. The summed E-state index contributed by atoms with van der Waals surface area (Å²) in [6.45, 7) is 6.57. The standard InChI is InChI=1S/C70H124O6/c1-4-7-10-13-16-19-22-25-28-30-32-33-34-35-36-37-38-40-42-45-48-51-54-57-60-63-69(72)75-66-67(65-74-68(71)62-59-56-53-50-47-44-41-27-24-21-18-15-12-9-6-3)76-70(73)64-61-58-55-52-49-46-43-39-31-29-26-23-20-17-14-11-8-5-2/h7,10,16,19,25,28,32-33,35-36,38,40,67H,4-6,8-9,11-15,17-18,20-24,26-27,29-31,34,37,39,41-66H2,1-3H3/b10-7-,19-16-,28-25-,33-32-,36-35-,40-38-. The van der Waals surface area contributed by atoms with Crippen LogP contribution >= 0.6 is 0 Å². The number of hydrogen-bond acceptors (Lipinski definition) is 6. The Hall–Kier alpha value is -3.15. The van der Waals surface area contributed by atoms with E-state index in [1.54, 1.807) is 0 Å². The first kappa shape index (κ1) is 72.8. The molecule has 0 saturated carbocycles. The highest BCUT2D eigenvalue weighted by Crippen LogP contribution is 2.17. The summed E-state index contributed by atoms with van der Waals surface area (Å²) in [4.78, 5) is 38.4. The third-order valence-corrected chi connectivity index (χ3v) is 14.5. The number of esters is 3. The molecule has 0 aromatic rings. The SMILES string of the molecule is CC/C=C\C/C=C\C/C=C\C/C=C\C/C=C\C/C=C\CCCCCCCCC(=O)OCC(COC(=O)CCCCCCCCCCCCCCCCC)OC(=O)CCCCCCCCCCCCCCCCCCCC. The van der Waals surface area contributed by atoms with Crippen LogP contribution in [0.4, 0.5) is 0 Å². The van der Waals surface area contributed by atoms with Crippen LogP contribution in [0.2, 0.25) is 0 Å². The number of allylic oxidation sites excluding steroid dienone is 12. The molecule has 0 aliphatic heterocycles. The first-order valence-electron chi connectivity index (χ1n) is 32.9. The Bertz CT molecular complexity index is 1400. The molecule has 0 heterocycles. The van der Waals surface area contributed by atoms with Crippen molar-refractivity contribution in [2.45, 2.75) is 341 Å². The van der Waals surface area contributed by atoms with Gasteiger partial charge in [0.25, 0.3) is 0 Å². The van der Waals surface area contributed by atoms with Gasteiger partial charge in [-0.05, 0) is 70.6 Å². The maximum Gasteiger partial charge on any atom is 0.306 e. The number of hydrogen-bond donors (Lipinski definition) is 0. The van der Waals surface area contributed by atoms with Gasteiger partial charge in [0.15, 0.2) is 6.10 Å². The minimum atomic E-state index is -0.779. The lowest BCUT2D eigenvalue weighted by molar-refractivity contribution is -0.167. The smallest absolute Gasteiger partial charge is 0.306 e. The van der Waals surface area contributed by atoms with Crippen molar-refractivity contribution < 1.29 is 28.6 Å². The van der Waals surface area contributed by atoms with Crippen LogP contribution in [0.15, 0.2) is 72.9 Å². The van der Waals surface area contributed by atoms with Gasteiger partial charge in [-0.15, -0.1) is 0 Å². The number of carbonyl (C=O) groups is 3. The predicted molar refractivity (Wildman–Crippen MR) is 330 cm³/mol. The molecular weight excluding hydrogens is 937 g/mol. The van der Waals surface area contributed by atoms with Crippen LogP contribution in [0.25, 0.3) is 0 Å². The van der Waals surface area contributed by atoms with Crippen LogP contribution in [-0.4, -0.2) is 37.2 Å². The van der Waals surface area contributed by atoms with E-state index < -0.39 is 6.10 Å². The van der Waals surface area contributed by atoms with Crippen LogP contribution in [0.3, 0.4) is 0 Å². The summed E-state index contributed by atoms with van der Waals surface area (Å²) in [5, 5.41) is 0. The lowest BCUT2D eigenvalue weighted by Gasteiger charge is -2.18. The second-order valence-electron chi connectivity index (χ2n) is 22.0. The van der Waals surface area contributed by atoms with E-state index in [1.165, 1.54) is 193 Å². The van der Waals surface area contributed by atoms with Crippen molar-refractivity contribution in [2.24, 2.45) is 0 Å². The molecule has 0 rings (SSSR count). The molecule has 6 nitrogen and oxygen atoms in total. The fraction of sp³-hybridized carbons (Fsp3) is 0.786. The highest BCUT2D eigenvalue weighted by Gasteiger charge is 2.19. The molecule has 76 heavy (non-hydrogen) atoms. The highest BCUT2D eigenvalue weighted by atomic mass is 16.6. The van der Waals surface area contributed by atoms with Gasteiger partial charge in [0.2, 0.25) is 0 Å². The van der Waals surface area contributed by atoms with Crippen molar-refractivity contribution in [1.29, 1.82) is 0 Å². The molecule has 440 valence electrons. The molecule has 0 fully saturated rings. The molecule has 0 aromatic carbocycles. The second kappa shape index (κ2) is 64.4. The third-order valence-electron chi connectivity index (χ3n) is 14.5. The average molecular weight is 1060 g/mol. The Morgan fingerprint density at radius 3 is 0.803 bits per heavy atom. The van der Waals surface area contributed by atoms with E-state index in [0.29, 0.717) is 19.3 Å². The highest BCUT2D eigenvalue weighted by molar-refractivity contribution is 5.71. The number of ether oxygens (including phenoxy) is 3. The number of carbonyl (C=O) groups excluding carboxylic acids is 3. The summed E-state index contributed by atoms with van der Waals surface area (Å²) in [6, 6.07) is 0. The van der Waals surface area contributed by atoms with Gasteiger partial charge in [0, 0.05) is 19.3 Å². The Morgan fingerprint density at radius 1 is 0.276 bits per heavy atom. The Morgan fingerprint density at radius 2 is 0.513 bits per heavy atom. The average Bonchev–Trinajstić information content (AvgIpc) is 3.42. The lowest BCUT2D eigenvalue weighted by atomic mass is 10.0. The van der Waals surface area contributed by atoms with Crippen molar-refractivity contribution in [3.05, 3.63) is 72.9 Å². The summed E-state index contributed by atoms with van der Waals surface area (Å²) in [6.07, 6.45) is 83.3. The number of rotatable bonds is 60. The maximum absolute atomic E-state index is 12.9. The fourth-order valence-electron chi connectivity index (χ4n) is 9.57. The van der Waals surface area contributed by atoms with E-state index >= 15 is 0 Å². The fourth-order valence-corrected chi connectivity index (χ4v) is 9.57. The lowest BCUT2D eigenvalue weighted by Crippen LogP contribution is -2.30. The molecule has 0 aromatic heterocycles. The van der Waals surface area contributed by atoms with Gasteiger partial charge in [-0.3, -0.25) is 14.4 Å². The third kappa shape index (κ3) is 61.7. The minimum Gasteiger partial charge on any atom is -0.462 e. The summed E-state index contributed by atoms with van der Waals surface area (Å²) in [7, 11) is 0. The Kier molecular flexibility index (Phi) is 61.7. The maximum atomic E-state index is 12.9. The summed E-state index contributed by atoms with van der Waals surface area (Å²) < 4.78 is 17.0. The van der Waals surface area contributed by atoms with Gasteiger partial charge in [-0.1, -0.05) is 318 Å². The van der Waals surface area contributed by atoms with Crippen LogP contribution in [0.5, 0.6) is 0 Å². The van der Waals surface area contributed by atoms with Crippen molar-refractivity contribution in [3.8, 4) is 0 Å². The summed E-state index contributed by atoms with van der Waals surface area (Å²) >= 11 is 0. The molecular formula is C70H124O6. The largest absolute Gasteiger partial charge is 0.462 e. The van der Waals surface area contributed by atoms with Crippen LogP contribution < -0.4 is 0 Å². The quantitative estimate of drug-likeness (QED) is 0.0261. The molecule has 6 heteroatoms. The molecule has 1 unspecified atom stereocenters. The number of unbranched alkanes of at least 4 members (excludes halogenated alkanes) is 37. The van der Waals surface area contributed by atoms with Crippen molar-refractivity contribution in [2.75, 3.05) is 13.2 Å². The monoisotopic (exact) mass is 1060 g/mol. The molecule has 0 spiro atoms. The van der Waals surface area contributed by atoms with Crippen molar-refractivity contribution >= 4 is 17.9 Å². The minimum absolute atomic E-state index is 0.0751. The van der Waals surface area contributed by atoms with Crippen LogP contribution in [-0.2, 0) is 28.6 Å². The van der Waals surface area contributed by atoms with Gasteiger partial charge in [0.05, 0.1) is 0 Å². The molecule has 0 aliphatic rings. The van der Waals surface area contributed by atoms with Gasteiger partial charge in [-0.2, -0.15) is 0 Å².